The lowest BCUT2D eigenvalue weighted by Gasteiger charge is -2.18. The molecule has 0 aliphatic rings. The van der Waals surface area contributed by atoms with E-state index in [1.807, 2.05) is 18.2 Å². The van der Waals surface area contributed by atoms with Gasteiger partial charge in [0.15, 0.2) is 0 Å². The molecule has 0 radical (unpaired) electrons. The zero-order chi connectivity index (χ0) is 14.1. The number of nitrogens with zero attached hydrogens (tertiary/aromatic N) is 1. The van der Waals surface area contributed by atoms with Crippen LogP contribution in [0.4, 0.5) is 5.69 Å². The maximum absolute atomic E-state index is 11.6. The second-order valence-electron chi connectivity index (χ2n) is 4.50. The van der Waals surface area contributed by atoms with Crippen molar-refractivity contribution in [2.45, 2.75) is 33.2 Å². The number of rotatable bonds is 8. The minimum absolute atomic E-state index is 0.0284. The van der Waals surface area contributed by atoms with Crippen LogP contribution in [-0.4, -0.2) is 29.8 Å². The van der Waals surface area contributed by atoms with Gasteiger partial charge in [-0.25, -0.2) is 0 Å². The first-order valence-electron chi connectivity index (χ1n) is 6.86. The van der Waals surface area contributed by atoms with Gasteiger partial charge in [0.05, 0.1) is 0 Å². The van der Waals surface area contributed by atoms with Crippen LogP contribution in [0.3, 0.4) is 0 Å². The molecule has 0 bridgehead atoms. The molecule has 19 heavy (non-hydrogen) atoms. The Morgan fingerprint density at radius 2 is 2.05 bits per heavy atom. The Labute approximate surface area is 120 Å². The number of halogens is 1. The van der Waals surface area contributed by atoms with Crippen molar-refractivity contribution in [2.24, 2.45) is 0 Å². The third-order valence-electron chi connectivity index (χ3n) is 3.05. The molecule has 0 atom stereocenters. The zero-order valence-electron chi connectivity index (χ0n) is 11.8. The number of carbonyl (C=O) groups is 1. The Kier molecular flexibility index (Phi) is 7.53. The van der Waals surface area contributed by atoms with Crippen LogP contribution in [0.2, 0.25) is 0 Å². The van der Waals surface area contributed by atoms with Crippen LogP contribution in [-0.2, 0) is 11.3 Å². The third-order valence-corrected chi connectivity index (χ3v) is 3.32. The van der Waals surface area contributed by atoms with Crippen molar-refractivity contribution < 1.29 is 4.79 Å². The molecule has 0 fully saturated rings. The molecule has 0 saturated carbocycles. The molecular weight excluding hydrogens is 260 g/mol. The van der Waals surface area contributed by atoms with E-state index in [-0.39, 0.29) is 5.91 Å². The number of anilines is 1. The van der Waals surface area contributed by atoms with Crippen LogP contribution in [0.1, 0.15) is 32.3 Å². The summed E-state index contributed by atoms with van der Waals surface area (Å²) >= 11 is 5.58. The number of nitrogens with one attached hydrogen (secondary N) is 1. The first kappa shape index (κ1) is 16.0. The molecule has 0 aliphatic heterocycles. The van der Waals surface area contributed by atoms with Crippen LogP contribution in [0, 0.1) is 0 Å². The van der Waals surface area contributed by atoms with E-state index in [0.29, 0.717) is 18.7 Å². The van der Waals surface area contributed by atoms with Gasteiger partial charge in [-0.05, 0) is 37.2 Å². The van der Waals surface area contributed by atoms with Crippen molar-refractivity contribution in [3.8, 4) is 0 Å². The molecule has 1 rings (SSSR count). The standard InChI is InChI=1S/C15H23ClN2O/c1-3-18(4-2)12-13-7-5-8-14(11-13)17-15(19)9-6-10-16/h5,7-8,11H,3-4,6,9-10,12H2,1-2H3,(H,17,19). The average Bonchev–Trinajstić information content (AvgIpc) is 2.43. The number of carbonyl (C=O) groups excluding carboxylic acids is 1. The second-order valence-corrected chi connectivity index (χ2v) is 4.88. The largest absolute Gasteiger partial charge is 0.326 e. The van der Waals surface area contributed by atoms with Gasteiger partial charge < -0.3 is 5.32 Å². The van der Waals surface area contributed by atoms with E-state index >= 15 is 0 Å². The van der Waals surface area contributed by atoms with Gasteiger partial charge in [-0.2, -0.15) is 0 Å². The van der Waals surface area contributed by atoms with Gasteiger partial charge in [-0.1, -0.05) is 26.0 Å². The normalized spacial score (nSPS) is 10.7. The van der Waals surface area contributed by atoms with Gasteiger partial charge in [0, 0.05) is 24.5 Å². The van der Waals surface area contributed by atoms with Crippen molar-refractivity contribution in [3.63, 3.8) is 0 Å². The topological polar surface area (TPSA) is 32.3 Å². The Balaban J connectivity index is 2.58. The maximum atomic E-state index is 11.6. The highest BCUT2D eigenvalue weighted by Crippen LogP contribution is 2.13. The maximum Gasteiger partial charge on any atom is 0.224 e. The van der Waals surface area contributed by atoms with Gasteiger partial charge in [0.1, 0.15) is 0 Å². The van der Waals surface area contributed by atoms with Gasteiger partial charge in [-0.3, -0.25) is 9.69 Å². The molecule has 0 heterocycles. The van der Waals surface area contributed by atoms with Gasteiger partial charge in [0.25, 0.3) is 0 Å². The third kappa shape index (κ3) is 6.08. The van der Waals surface area contributed by atoms with Crippen molar-refractivity contribution in [1.82, 2.24) is 4.90 Å². The van der Waals surface area contributed by atoms with E-state index < -0.39 is 0 Å². The fourth-order valence-corrected chi connectivity index (χ4v) is 2.04. The van der Waals surface area contributed by atoms with Gasteiger partial charge in [0.2, 0.25) is 5.91 Å². The van der Waals surface area contributed by atoms with Crippen LogP contribution < -0.4 is 5.32 Å². The van der Waals surface area contributed by atoms with Crippen molar-refractivity contribution >= 4 is 23.2 Å². The van der Waals surface area contributed by atoms with Crippen LogP contribution in [0.25, 0.3) is 0 Å². The summed E-state index contributed by atoms with van der Waals surface area (Å²) in [6.07, 6.45) is 1.19. The number of alkyl halides is 1. The van der Waals surface area contributed by atoms with E-state index in [4.69, 9.17) is 11.6 Å². The predicted octanol–water partition coefficient (Wildman–Crippen LogP) is 3.49. The molecule has 0 spiro atoms. The fourth-order valence-electron chi connectivity index (χ4n) is 1.90. The molecule has 1 N–H and O–H groups in total. The molecule has 106 valence electrons. The molecule has 1 aromatic carbocycles. The summed E-state index contributed by atoms with van der Waals surface area (Å²) in [6.45, 7) is 7.28. The fraction of sp³-hybridized carbons (Fsp3) is 0.533. The lowest BCUT2D eigenvalue weighted by molar-refractivity contribution is -0.116. The molecule has 3 nitrogen and oxygen atoms in total. The van der Waals surface area contributed by atoms with Crippen molar-refractivity contribution in [3.05, 3.63) is 29.8 Å². The lowest BCUT2D eigenvalue weighted by Crippen LogP contribution is -2.22. The Bertz CT molecular complexity index is 391. The summed E-state index contributed by atoms with van der Waals surface area (Å²) in [7, 11) is 0. The first-order valence-corrected chi connectivity index (χ1v) is 7.40. The molecular formula is C15H23ClN2O. The molecule has 0 aromatic heterocycles. The van der Waals surface area contributed by atoms with E-state index in [2.05, 4.69) is 30.1 Å². The minimum atomic E-state index is 0.0284. The number of benzene rings is 1. The zero-order valence-corrected chi connectivity index (χ0v) is 12.5. The van der Waals surface area contributed by atoms with Crippen LogP contribution in [0.15, 0.2) is 24.3 Å². The summed E-state index contributed by atoms with van der Waals surface area (Å²) < 4.78 is 0. The SMILES string of the molecule is CCN(CC)Cc1cccc(NC(=O)CCCCl)c1. The van der Waals surface area contributed by atoms with Crippen LogP contribution >= 0.6 is 11.6 Å². The Morgan fingerprint density at radius 1 is 1.32 bits per heavy atom. The first-order chi connectivity index (χ1) is 9.19. The van der Waals surface area contributed by atoms with E-state index in [9.17, 15) is 4.79 Å². The Morgan fingerprint density at radius 3 is 2.68 bits per heavy atom. The molecule has 0 unspecified atom stereocenters. The van der Waals surface area contributed by atoms with E-state index in [1.165, 1.54) is 5.56 Å². The van der Waals surface area contributed by atoms with Crippen molar-refractivity contribution in [1.29, 1.82) is 0 Å². The Hall–Kier alpha value is -1.06. The highest BCUT2D eigenvalue weighted by Gasteiger charge is 2.04. The lowest BCUT2D eigenvalue weighted by atomic mass is 10.2. The molecule has 0 saturated heterocycles. The summed E-state index contributed by atoms with van der Waals surface area (Å²) in [5, 5.41) is 2.91. The predicted molar refractivity (Wildman–Crippen MR) is 81.7 cm³/mol. The van der Waals surface area contributed by atoms with E-state index in [0.717, 1.165) is 25.3 Å². The van der Waals surface area contributed by atoms with Crippen LogP contribution in [0.5, 0.6) is 0 Å². The number of amides is 1. The summed E-state index contributed by atoms with van der Waals surface area (Å²) in [6, 6.07) is 8.03. The summed E-state index contributed by atoms with van der Waals surface area (Å²) in [4.78, 5) is 14.0. The van der Waals surface area contributed by atoms with Gasteiger partial charge in [-0.15, -0.1) is 11.6 Å². The smallest absolute Gasteiger partial charge is 0.224 e. The van der Waals surface area contributed by atoms with E-state index in [1.54, 1.807) is 0 Å². The summed E-state index contributed by atoms with van der Waals surface area (Å²) in [5.41, 5.74) is 2.09. The molecule has 1 aromatic rings. The molecule has 1 amide bonds. The van der Waals surface area contributed by atoms with Gasteiger partial charge >= 0.3 is 0 Å². The minimum Gasteiger partial charge on any atom is -0.326 e. The quantitative estimate of drug-likeness (QED) is 0.740. The summed E-state index contributed by atoms with van der Waals surface area (Å²) in [5.74, 6) is 0.552. The average molecular weight is 283 g/mol. The number of hydrogen-bond acceptors (Lipinski definition) is 2. The monoisotopic (exact) mass is 282 g/mol. The second kappa shape index (κ2) is 8.94. The highest BCUT2D eigenvalue weighted by atomic mass is 35.5. The molecule has 4 heteroatoms. The number of hydrogen-bond donors (Lipinski definition) is 1. The molecule has 0 aliphatic carbocycles. The highest BCUT2D eigenvalue weighted by molar-refractivity contribution is 6.18. The van der Waals surface area contributed by atoms with Crippen molar-refractivity contribution in [2.75, 3.05) is 24.3 Å².